The van der Waals surface area contributed by atoms with E-state index in [0.717, 1.165) is 5.69 Å². The second-order valence-corrected chi connectivity index (χ2v) is 6.31. The Kier molecular flexibility index (Phi) is 5.51. The topological polar surface area (TPSA) is 58.6 Å². The van der Waals surface area contributed by atoms with Crippen molar-refractivity contribution in [3.05, 3.63) is 59.9 Å². The summed E-state index contributed by atoms with van der Waals surface area (Å²) in [6.45, 7) is 2.60. The lowest BCUT2D eigenvalue weighted by atomic mass is 10.1. The zero-order chi connectivity index (χ0) is 18.5. The van der Waals surface area contributed by atoms with Crippen LogP contribution in [-0.2, 0) is 16.1 Å². The molecule has 0 radical (unpaired) electrons. The minimum atomic E-state index is -0.341. The van der Waals surface area contributed by atoms with E-state index in [-0.39, 0.29) is 43.1 Å². The van der Waals surface area contributed by atoms with Gasteiger partial charge in [0, 0.05) is 19.4 Å². The summed E-state index contributed by atoms with van der Waals surface area (Å²) in [5.41, 5.74) is 1.41. The zero-order valence-corrected chi connectivity index (χ0v) is 14.6. The molecular formula is C20H21FN2O3. The smallest absolute Gasteiger partial charge is 0.227 e. The minimum absolute atomic E-state index is 0.0854. The summed E-state index contributed by atoms with van der Waals surface area (Å²) in [4.78, 5) is 26.2. The van der Waals surface area contributed by atoms with Crippen LogP contribution in [0.1, 0.15) is 25.3 Å². The number of ether oxygens (including phenoxy) is 1. The quantitative estimate of drug-likeness (QED) is 0.896. The Morgan fingerprint density at radius 1 is 1.19 bits per heavy atom. The molecule has 2 aromatic rings. The molecule has 1 heterocycles. The van der Waals surface area contributed by atoms with Crippen LogP contribution in [0.2, 0.25) is 0 Å². The molecule has 136 valence electrons. The van der Waals surface area contributed by atoms with Crippen LogP contribution in [0.15, 0.2) is 48.5 Å². The standard InChI is InChI=1S/C20H21FN2O3/c1-14-13-23(17-7-2-3-8-18(17)26-14)20(25)10-9-19(24)22-12-15-5-4-6-16(21)11-15/h2-8,11,14H,9-10,12-13H2,1H3,(H,22,24)/t14-/m0/s1. The van der Waals surface area contributed by atoms with Crippen LogP contribution in [0, 0.1) is 5.82 Å². The van der Waals surface area contributed by atoms with Crippen LogP contribution in [0.3, 0.4) is 0 Å². The molecule has 1 aliphatic rings. The van der Waals surface area contributed by atoms with E-state index in [1.54, 1.807) is 17.0 Å². The van der Waals surface area contributed by atoms with E-state index < -0.39 is 0 Å². The van der Waals surface area contributed by atoms with Crippen LogP contribution >= 0.6 is 0 Å². The van der Waals surface area contributed by atoms with Gasteiger partial charge in [-0.3, -0.25) is 9.59 Å². The lowest BCUT2D eigenvalue weighted by Crippen LogP contribution is -2.42. The molecule has 0 spiro atoms. The Bertz CT molecular complexity index is 809. The molecule has 1 atom stereocenters. The second-order valence-electron chi connectivity index (χ2n) is 6.31. The number of fused-ring (bicyclic) bond motifs is 1. The van der Waals surface area contributed by atoms with Crippen molar-refractivity contribution >= 4 is 17.5 Å². The van der Waals surface area contributed by atoms with Gasteiger partial charge in [0.1, 0.15) is 17.7 Å². The van der Waals surface area contributed by atoms with Gasteiger partial charge in [0.25, 0.3) is 0 Å². The summed E-state index contributed by atoms with van der Waals surface area (Å²) >= 11 is 0. The number of rotatable bonds is 5. The molecule has 1 N–H and O–H groups in total. The first-order chi connectivity index (χ1) is 12.5. The maximum Gasteiger partial charge on any atom is 0.227 e. The Morgan fingerprint density at radius 3 is 2.81 bits per heavy atom. The number of carbonyl (C=O) groups is 2. The molecule has 2 amide bonds. The predicted molar refractivity (Wildman–Crippen MR) is 96.4 cm³/mol. The lowest BCUT2D eigenvalue weighted by Gasteiger charge is -2.33. The van der Waals surface area contributed by atoms with Crippen molar-refractivity contribution in [2.24, 2.45) is 0 Å². The van der Waals surface area contributed by atoms with Crippen molar-refractivity contribution in [2.45, 2.75) is 32.4 Å². The average Bonchev–Trinajstić information content (AvgIpc) is 2.63. The molecular weight excluding hydrogens is 335 g/mol. The molecule has 0 saturated heterocycles. The molecule has 26 heavy (non-hydrogen) atoms. The molecule has 0 unspecified atom stereocenters. The number of halogens is 1. The van der Waals surface area contributed by atoms with E-state index in [2.05, 4.69) is 5.32 Å². The average molecular weight is 356 g/mol. The molecule has 0 bridgehead atoms. The maximum atomic E-state index is 13.1. The Balaban J connectivity index is 1.53. The number of anilines is 1. The maximum absolute atomic E-state index is 13.1. The molecule has 0 saturated carbocycles. The molecule has 3 rings (SSSR count). The number of para-hydroxylation sites is 2. The summed E-state index contributed by atoms with van der Waals surface area (Å²) in [5.74, 6) is -0.0205. The molecule has 2 aromatic carbocycles. The van der Waals surface area contributed by atoms with Crippen LogP contribution < -0.4 is 15.0 Å². The molecule has 0 fully saturated rings. The number of amides is 2. The number of nitrogens with zero attached hydrogens (tertiary/aromatic N) is 1. The van der Waals surface area contributed by atoms with Gasteiger partial charge in [0.05, 0.1) is 12.2 Å². The third-order valence-electron chi connectivity index (χ3n) is 4.17. The molecule has 0 aliphatic carbocycles. The third kappa shape index (κ3) is 4.39. The monoisotopic (exact) mass is 356 g/mol. The fourth-order valence-electron chi connectivity index (χ4n) is 2.92. The van der Waals surface area contributed by atoms with Crippen LogP contribution in [0.4, 0.5) is 10.1 Å². The molecule has 0 aromatic heterocycles. The van der Waals surface area contributed by atoms with Gasteiger partial charge in [-0.25, -0.2) is 4.39 Å². The SMILES string of the molecule is C[C@H]1CN(C(=O)CCC(=O)NCc2cccc(F)c2)c2ccccc2O1. The first-order valence-corrected chi connectivity index (χ1v) is 8.60. The number of hydrogen-bond donors (Lipinski definition) is 1. The van der Waals surface area contributed by atoms with Crippen molar-refractivity contribution in [3.8, 4) is 5.75 Å². The van der Waals surface area contributed by atoms with Gasteiger partial charge >= 0.3 is 0 Å². The summed E-state index contributed by atoms with van der Waals surface area (Å²) in [7, 11) is 0. The summed E-state index contributed by atoms with van der Waals surface area (Å²) in [5, 5.41) is 2.71. The van der Waals surface area contributed by atoms with Gasteiger partial charge in [-0.2, -0.15) is 0 Å². The normalized spacial score (nSPS) is 15.8. The van der Waals surface area contributed by atoms with E-state index in [1.807, 2.05) is 31.2 Å². The Labute approximate surface area is 151 Å². The van der Waals surface area contributed by atoms with Gasteiger partial charge < -0.3 is 15.0 Å². The minimum Gasteiger partial charge on any atom is -0.487 e. The molecule has 6 heteroatoms. The van der Waals surface area contributed by atoms with Gasteiger partial charge in [0.2, 0.25) is 11.8 Å². The predicted octanol–water partition coefficient (Wildman–Crippen LogP) is 3.04. The number of benzene rings is 2. The lowest BCUT2D eigenvalue weighted by molar-refractivity contribution is -0.125. The largest absolute Gasteiger partial charge is 0.487 e. The van der Waals surface area contributed by atoms with E-state index in [0.29, 0.717) is 17.9 Å². The Hall–Kier alpha value is -2.89. The third-order valence-corrected chi connectivity index (χ3v) is 4.17. The van der Waals surface area contributed by atoms with Gasteiger partial charge in [-0.1, -0.05) is 24.3 Å². The molecule has 5 nitrogen and oxygen atoms in total. The Morgan fingerprint density at radius 2 is 2.00 bits per heavy atom. The number of carbonyl (C=O) groups excluding carboxylic acids is 2. The summed E-state index contributed by atoms with van der Waals surface area (Å²) in [6.07, 6.45) is 0.0913. The van der Waals surface area contributed by atoms with E-state index in [4.69, 9.17) is 4.74 Å². The van der Waals surface area contributed by atoms with Crippen molar-refractivity contribution in [2.75, 3.05) is 11.4 Å². The zero-order valence-electron chi connectivity index (χ0n) is 14.6. The van der Waals surface area contributed by atoms with Crippen molar-refractivity contribution in [1.29, 1.82) is 0 Å². The second kappa shape index (κ2) is 7.99. The first-order valence-electron chi connectivity index (χ1n) is 8.60. The highest BCUT2D eigenvalue weighted by molar-refractivity contribution is 5.97. The van der Waals surface area contributed by atoms with Crippen molar-refractivity contribution in [1.82, 2.24) is 5.32 Å². The van der Waals surface area contributed by atoms with Crippen LogP contribution in [0.5, 0.6) is 5.75 Å². The number of hydrogen-bond acceptors (Lipinski definition) is 3. The van der Waals surface area contributed by atoms with Gasteiger partial charge in [-0.05, 0) is 36.8 Å². The van der Waals surface area contributed by atoms with Gasteiger partial charge in [0.15, 0.2) is 0 Å². The highest BCUT2D eigenvalue weighted by Gasteiger charge is 2.27. The highest BCUT2D eigenvalue weighted by atomic mass is 19.1. The fourth-order valence-corrected chi connectivity index (χ4v) is 2.92. The van der Waals surface area contributed by atoms with Crippen LogP contribution in [-0.4, -0.2) is 24.5 Å². The molecule has 1 aliphatic heterocycles. The summed E-state index contributed by atoms with van der Waals surface area (Å²) in [6, 6.07) is 13.4. The van der Waals surface area contributed by atoms with Gasteiger partial charge in [-0.15, -0.1) is 0 Å². The number of nitrogens with one attached hydrogen (secondary N) is 1. The van der Waals surface area contributed by atoms with E-state index >= 15 is 0 Å². The highest BCUT2D eigenvalue weighted by Crippen LogP contribution is 2.33. The fraction of sp³-hybridized carbons (Fsp3) is 0.300. The van der Waals surface area contributed by atoms with Crippen LogP contribution in [0.25, 0.3) is 0 Å². The first kappa shape index (κ1) is 17.9. The van der Waals surface area contributed by atoms with Crippen molar-refractivity contribution in [3.63, 3.8) is 0 Å². The van der Waals surface area contributed by atoms with E-state index in [1.165, 1.54) is 12.1 Å². The van der Waals surface area contributed by atoms with E-state index in [9.17, 15) is 14.0 Å². The van der Waals surface area contributed by atoms with Crippen molar-refractivity contribution < 1.29 is 18.7 Å². The summed E-state index contributed by atoms with van der Waals surface area (Å²) < 4.78 is 18.9.